The van der Waals surface area contributed by atoms with Crippen LogP contribution in [-0.4, -0.2) is 26.4 Å². The molecule has 0 aliphatic heterocycles. The molecule has 1 heterocycles. The topological polar surface area (TPSA) is 21.3 Å². The van der Waals surface area contributed by atoms with Gasteiger partial charge in [-0.05, 0) is 48.0 Å². The quantitative estimate of drug-likeness (QED) is 0.785. The number of nitrogens with one attached hydrogen (secondary N) is 1. The van der Waals surface area contributed by atoms with Gasteiger partial charge in [-0.2, -0.15) is 13.2 Å². The van der Waals surface area contributed by atoms with Crippen LogP contribution in [0.15, 0.2) is 9.85 Å². The first kappa shape index (κ1) is 15.9. The molecule has 0 saturated heterocycles. The number of ether oxygens (including phenoxy) is 1. The van der Waals surface area contributed by atoms with Gasteiger partial charge in [-0.15, -0.1) is 11.3 Å². The SMILES string of the molecule is CNC(CCOCC(F)(F)F)c1cc(C)c(Br)s1. The van der Waals surface area contributed by atoms with Crippen LogP contribution in [0.25, 0.3) is 0 Å². The number of rotatable bonds is 6. The average molecular weight is 346 g/mol. The number of aryl methyl sites for hydroxylation is 1. The van der Waals surface area contributed by atoms with Gasteiger partial charge in [0.1, 0.15) is 6.61 Å². The summed E-state index contributed by atoms with van der Waals surface area (Å²) in [6.45, 7) is 0.882. The minimum Gasteiger partial charge on any atom is -0.372 e. The maximum absolute atomic E-state index is 11.9. The predicted octanol–water partition coefficient (Wildman–Crippen LogP) is 4.05. The second-order valence-corrected chi connectivity index (χ2v) is 6.30. The Labute approximate surface area is 117 Å². The number of halogens is 4. The van der Waals surface area contributed by atoms with Crippen LogP contribution in [0.5, 0.6) is 0 Å². The molecule has 0 aromatic carbocycles. The van der Waals surface area contributed by atoms with E-state index < -0.39 is 12.8 Å². The fourth-order valence-electron chi connectivity index (χ4n) is 1.47. The van der Waals surface area contributed by atoms with Gasteiger partial charge in [0.15, 0.2) is 0 Å². The van der Waals surface area contributed by atoms with E-state index in [1.54, 1.807) is 18.4 Å². The third kappa shape index (κ3) is 5.26. The minimum atomic E-state index is -4.25. The van der Waals surface area contributed by atoms with Crippen LogP contribution in [0.3, 0.4) is 0 Å². The lowest BCUT2D eigenvalue weighted by Gasteiger charge is -2.15. The Morgan fingerprint density at radius 3 is 2.61 bits per heavy atom. The summed E-state index contributed by atoms with van der Waals surface area (Å²) in [7, 11) is 1.79. The van der Waals surface area contributed by atoms with E-state index in [2.05, 4.69) is 26.0 Å². The Bertz CT molecular complexity index is 361. The van der Waals surface area contributed by atoms with E-state index in [4.69, 9.17) is 0 Å². The molecule has 0 aliphatic rings. The summed E-state index contributed by atoms with van der Waals surface area (Å²) in [6.07, 6.45) is -3.74. The van der Waals surface area contributed by atoms with Crippen molar-refractivity contribution in [1.82, 2.24) is 5.32 Å². The molecule has 0 saturated carbocycles. The molecule has 104 valence electrons. The van der Waals surface area contributed by atoms with Gasteiger partial charge in [0, 0.05) is 17.5 Å². The first-order valence-corrected chi connectivity index (χ1v) is 7.02. The molecule has 0 fully saturated rings. The second-order valence-electron chi connectivity index (χ2n) is 3.90. The van der Waals surface area contributed by atoms with Crippen molar-refractivity contribution in [1.29, 1.82) is 0 Å². The zero-order chi connectivity index (χ0) is 13.8. The standard InChI is InChI=1S/C11H15BrF3NOS/c1-7-5-9(18-10(7)12)8(16-2)3-4-17-6-11(13,14)15/h5,8,16H,3-4,6H2,1-2H3. The molecule has 1 atom stereocenters. The Kier molecular flexibility index (Phi) is 6.10. The lowest BCUT2D eigenvalue weighted by atomic mass is 10.1. The van der Waals surface area contributed by atoms with Crippen molar-refractivity contribution in [3.05, 3.63) is 20.3 Å². The fraction of sp³-hybridized carbons (Fsp3) is 0.636. The molecule has 2 nitrogen and oxygen atoms in total. The molecule has 1 unspecified atom stereocenters. The van der Waals surface area contributed by atoms with Gasteiger partial charge in [-0.3, -0.25) is 0 Å². The smallest absolute Gasteiger partial charge is 0.372 e. The number of thiophene rings is 1. The Hall–Kier alpha value is -0.110. The molecule has 1 aromatic rings. The first-order chi connectivity index (χ1) is 8.33. The molecular weight excluding hydrogens is 331 g/mol. The van der Waals surface area contributed by atoms with E-state index in [1.165, 1.54) is 0 Å². The van der Waals surface area contributed by atoms with Gasteiger partial charge < -0.3 is 10.1 Å². The summed E-state index contributed by atoms with van der Waals surface area (Å²) in [5, 5.41) is 3.08. The maximum atomic E-state index is 11.9. The lowest BCUT2D eigenvalue weighted by Crippen LogP contribution is -2.21. The van der Waals surface area contributed by atoms with Gasteiger partial charge in [-0.1, -0.05) is 0 Å². The number of hydrogen-bond acceptors (Lipinski definition) is 3. The Morgan fingerprint density at radius 1 is 1.50 bits per heavy atom. The van der Waals surface area contributed by atoms with Gasteiger partial charge >= 0.3 is 6.18 Å². The largest absolute Gasteiger partial charge is 0.411 e. The molecular formula is C11H15BrF3NOS. The summed E-state index contributed by atoms with van der Waals surface area (Å²) in [4.78, 5) is 1.09. The number of hydrogen-bond donors (Lipinski definition) is 1. The summed E-state index contributed by atoms with van der Waals surface area (Å²) in [5.41, 5.74) is 1.13. The Balaban J connectivity index is 2.43. The van der Waals surface area contributed by atoms with Crippen LogP contribution in [0, 0.1) is 6.92 Å². The van der Waals surface area contributed by atoms with E-state index in [0.29, 0.717) is 6.42 Å². The minimum absolute atomic E-state index is 0.0215. The molecule has 0 radical (unpaired) electrons. The Morgan fingerprint density at radius 2 is 2.17 bits per heavy atom. The van der Waals surface area contributed by atoms with E-state index in [-0.39, 0.29) is 12.6 Å². The first-order valence-electron chi connectivity index (χ1n) is 5.41. The average Bonchev–Trinajstić information content (AvgIpc) is 2.57. The summed E-state index contributed by atoms with van der Waals surface area (Å²) >= 11 is 5.02. The van der Waals surface area contributed by atoms with Gasteiger partial charge in [0.25, 0.3) is 0 Å². The molecule has 1 rings (SSSR count). The van der Waals surface area contributed by atoms with Crippen LogP contribution < -0.4 is 5.32 Å². The number of alkyl halides is 3. The molecule has 0 aliphatic carbocycles. The summed E-state index contributed by atoms with van der Waals surface area (Å²) in [6, 6.07) is 2.05. The van der Waals surface area contributed by atoms with Crippen LogP contribution in [0.1, 0.15) is 22.9 Å². The second kappa shape index (κ2) is 6.88. The predicted molar refractivity (Wildman–Crippen MR) is 70.0 cm³/mol. The molecule has 1 aromatic heterocycles. The highest BCUT2D eigenvalue weighted by Crippen LogP contribution is 2.32. The highest BCUT2D eigenvalue weighted by atomic mass is 79.9. The van der Waals surface area contributed by atoms with E-state index >= 15 is 0 Å². The van der Waals surface area contributed by atoms with E-state index in [9.17, 15) is 13.2 Å². The van der Waals surface area contributed by atoms with Crippen LogP contribution >= 0.6 is 27.3 Å². The normalized spacial score (nSPS) is 13.9. The van der Waals surface area contributed by atoms with Crippen molar-refractivity contribution in [2.45, 2.75) is 25.6 Å². The highest BCUT2D eigenvalue weighted by molar-refractivity contribution is 9.11. The molecule has 18 heavy (non-hydrogen) atoms. The van der Waals surface area contributed by atoms with E-state index in [0.717, 1.165) is 14.2 Å². The fourth-order valence-corrected chi connectivity index (χ4v) is 3.19. The maximum Gasteiger partial charge on any atom is 0.411 e. The van der Waals surface area contributed by atoms with Crippen LogP contribution in [-0.2, 0) is 4.74 Å². The summed E-state index contributed by atoms with van der Waals surface area (Å²) < 4.78 is 41.4. The molecule has 0 amide bonds. The molecule has 0 spiro atoms. The van der Waals surface area contributed by atoms with Gasteiger partial charge in [0.05, 0.1) is 3.79 Å². The monoisotopic (exact) mass is 345 g/mol. The van der Waals surface area contributed by atoms with Crippen molar-refractivity contribution in [2.24, 2.45) is 0 Å². The van der Waals surface area contributed by atoms with E-state index in [1.807, 2.05) is 13.0 Å². The highest BCUT2D eigenvalue weighted by Gasteiger charge is 2.27. The molecule has 7 heteroatoms. The van der Waals surface area contributed by atoms with Gasteiger partial charge in [0.2, 0.25) is 0 Å². The zero-order valence-corrected chi connectivity index (χ0v) is 12.5. The van der Waals surface area contributed by atoms with Crippen molar-refractivity contribution >= 4 is 27.3 Å². The van der Waals surface area contributed by atoms with Crippen molar-refractivity contribution < 1.29 is 17.9 Å². The van der Waals surface area contributed by atoms with Crippen molar-refractivity contribution in [3.8, 4) is 0 Å². The van der Waals surface area contributed by atoms with Crippen LogP contribution in [0.2, 0.25) is 0 Å². The summed E-state index contributed by atoms with van der Waals surface area (Å²) in [5.74, 6) is 0. The molecule has 0 bridgehead atoms. The van der Waals surface area contributed by atoms with Gasteiger partial charge in [-0.25, -0.2) is 0 Å². The lowest BCUT2D eigenvalue weighted by molar-refractivity contribution is -0.174. The third-order valence-electron chi connectivity index (χ3n) is 2.38. The third-order valence-corrected chi connectivity index (χ3v) is 4.64. The zero-order valence-electron chi connectivity index (χ0n) is 10.1. The molecule has 1 N–H and O–H groups in total. The van der Waals surface area contributed by atoms with Crippen molar-refractivity contribution in [2.75, 3.05) is 20.3 Å². The van der Waals surface area contributed by atoms with Crippen LogP contribution in [0.4, 0.5) is 13.2 Å². The van der Waals surface area contributed by atoms with Crippen molar-refractivity contribution in [3.63, 3.8) is 0 Å².